The Kier molecular flexibility index (Phi) is 6.52. The SMILES string of the molecule is CC1CN(CCOc2ccc([N+](=O)[O-])cc2Br)CCN1CC(=O)O. The summed E-state index contributed by atoms with van der Waals surface area (Å²) in [4.78, 5) is 25.2. The topological polar surface area (TPSA) is 96.2 Å². The van der Waals surface area contributed by atoms with E-state index < -0.39 is 10.9 Å². The Balaban J connectivity index is 1.79. The van der Waals surface area contributed by atoms with E-state index in [0.717, 1.165) is 13.1 Å². The summed E-state index contributed by atoms with van der Waals surface area (Å²) in [7, 11) is 0. The highest BCUT2D eigenvalue weighted by atomic mass is 79.9. The molecule has 1 aromatic carbocycles. The number of non-ortho nitro benzene ring substituents is 1. The monoisotopic (exact) mass is 401 g/mol. The number of nitrogens with zero attached hydrogens (tertiary/aromatic N) is 3. The number of halogens is 1. The van der Waals surface area contributed by atoms with Gasteiger partial charge in [-0.25, -0.2) is 0 Å². The van der Waals surface area contributed by atoms with Crippen molar-refractivity contribution < 1.29 is 19.6 Å². The molecule has 8 nitrogen and oxygen atoms in total. The molecule has 1 heterocycles. The van der Waals surface area contributed by atoms with E-state index in [4.69, 9.17) is 9.84 Å². The van der Waals surface area contributed by atoms with Crippen molar-refractivity contribution in [2.24, 2.45) is 0 Å². The van der Waals surface area contributed by atoms with Crippen LogP contribution in [0.25, 0.3) is 0 Å². The van der Waals surface area contributed by atoms with Crippen LogP contribution in [0.1, 0.15) is 6.92 Å². The van der Waals surface area contributed by atoms with Crippen LogP contribution < -0.4 is 4.74 Å². The zero-order valence-corrected chi connectivity index (χ0v) is 14.9. The fourth-order valence-corrected chi connectivity index (χ4v) is 3.17. The molecule has 1 N–H and O–H groups in total. The van der Waals surface area contributed by atoms with Gasteiger partial charge < -0.3 is 9.84 Å². The average molecular weight is 402 g/mol. The van der Waals surface area contributed by atoms with E-state index in [9.17, 15) is 14.9 Å². The number of aliphatic carboxylic acids is 1. The lowest BCUT2D eigenvalue weighted by atomic mass is 10.2. The molecule has 0 amide bonds. The molecular formula is C15H20BrN3O5. The van der Waals surface area contributed by atoms with E-state index in [0.29, 0.717) is 29.9 Å². The first-order valence-corrected chi connectivity index (χ1v) is 8.41. The van der Waals surface area contributed by atoms with Gasteiger partial charge in [0.15, 0.2) is 0 Å². The summed E-state index contributed by atoms with van der Waals surface area (Å²) >= 11 is 3.28. The summed E-state index contributed by atoms with van der Waals surface area (Å²) in [6, 6.07) is 4.59. The molecule has 1 aliphatic rings. The van der Waals surface area contributed by atoms with Crippen LogP contribution in [0.4, 0.5) is 5.69 Å². The maximum absolute atomic E-state index is 10.8. The average Bonchev–Trinajstić information content (AvgIpc) is 2.51. The molecular weight excluding hydrogens is 382 g/mol. The summed E-state index contributed by atoms with van der Waals surface area (Å²) in [5, 5.41) is 19.6. The number of benzene rings is 1. The van der Waals surface area contributed by atoms with Gasteiger partial charge in [-0.1, -0.05) is 0 Å². The molecule has 1 unspecified atom stereocenters. The third kappa shape index (κ3) is 5.15. The molecule has 1 aliphatic heterocycles. The Morgan fingerprint density at radius 1 is 1.50 bits per heavy atom. The number of hydrogen-bond acceptors (Lipinski definition) is 6. The lowest BCUT2D eigenvalue weighted by Gasteiger charge is -2.38. The molecule has 1 atom stereocenters. The number of carboxylic acid groups (broad SMARTS) is 1. The van der Waals surface area contributed by atoms with Gasteiger partial charge in [-0.3, -0.25) is 24.7 Å². The summed E-state index contributed by atoms with van der Waals surface area (Å²) in [5.74, 6) is -0.236. The van der Waals surface area contributed by atoms with E-state index in [-0.39, 0.29) is 18.3 Å². The van der Waals surface area contributed by atoms with Crippen molar-refractivity contribution in [1.82, 2.24) is 9.80 Å². The van der Waals surface area contributed by atoms with Crippen LogP contribution >= 0.6 is 15.9 Å². The van der Waals surface area contributed by atoms with Gasteiger partial charge >= 0.3 is 5.97 Å². The van der Waals surface area contributed by atoms with Gasteiger partial charge in [-0.2, -0.15) is 0 Å². The quantitative estimate of drug-likeness (QED) is 0.549. The molecule has 132 valence electrons. The van der Waals surface area contributed by atoms with Crippen molar-refractivity contribution in [3.8, 4) is 5.75 Å². The smallest absolute Gasteiger partial charge is 0.317 e. The first-order valence-electron chi connectivity index (χ1n) is 7.61. The Morgan fingerprint density at radius 3 is 2.83 bits per heavy atom. The third-order valence-corrected chi connectivity index (χ3v) is 4.60. The number of rotatable bonds is 7. The van der Waals surface area contributed by atoms with Gasteiger partial charge in [-0.05, 0) is 28.9 Å². The van der Waals surface area contributed by atoms with E-state index in [1.165, 1.54) is 12.1 Å². The van der Waals surface area contributed by atoms with Crippen molar-refractivity contribution >= 4 is 27.6 Å². The van der Waals surface area contributed by atoms with Gasteiger partial charge in [0, 0.05) is 44.4 Å². The van der Waals surface area contributed by atoms with Crippen LogP contribution in [-0.2, 0) is 4.79 Å². The normalized spacial score (nSPS) is 19.2. The second-order valence-corrected chi connectivity index (χ2v) is 6.59. The third-order valence-electron chi connectivity index (χ3n) is 3.98. The number of nitro benzene ring substituents is 1. The van der Waals surface area contributed by atoms with Crippen molar-refractivity contribution in [2.45, 2.75) is 13.0 Å². The summed E-state index contributed by atoms with van der Waals surface area (Å²) in [5.41, 5.74) is 0.0117. The minimum absolute atomic E-state index is 0.0117. The number of carbonyl (C=O) groups is 1. The maximum Gasteiger partial charge on any atom is 0.317 e. The lowest BCUT2D eigenvalue weighted by molar-refractivity contribution is -0.385. The zero-order valence-electron chi connectivity index (χ0n) is 13.4. The summed E-state index contributed by atoms with van der Waals surface area (Å²) in [6.07, 6.45) is 0. The molecule has 0 saturated carbocycles. The van der Waals surface area contributed by atoms with Crippen LogP contribution in [0.3, 0.4) is 0 Å². The Morgan fingerprint density at radius 2 is 2.25 bits per heavy atom. The van der Waals surface area contributed by atoms with Crippen LogP contribution in [-0.4, -0.2) is 71.2 Å². The molecule has 0 spiro atoms. The molecule has 0 radical (unpaired) electrons. The van der Waals surface area contributed by atoms with Crippen molar-refractivity contribution in [3.63, 3.8) is 0 Å². The minimum Gasteiger partial charge on any atom is -0.491 e. The number of nitro groups is 1. The molecule has 0 bridgehead atoms. The molecule has 1 saturated heterocycles. The number of carboxylic acids is 1. The molecule has 9 heteroatoms. The van der Waals surface area contributed by atoms with Crippen LogP contribution in [0.2, 0.25) is 0 Å². The molecule has 0 aliphatic carbocycles. The van der Waals surface area contributed by atoms with Crippen LogP contribution in [0.5, 0.6) is 5.75 Å². The van der Waals surface area contributed by atoms with E-state index in [1.54, 1.807) is 6.07 Å². The van der Waals surface area contributed by atoms with Crippen LogP contribution in [0.15, 0.2) is 22.7 Å². The highest BCUT2D eigenvalue weighted by molar-refractivity contribution is 9.10. The summed E-state index contributed by atoms with van der Waals surface area (Å²) < 4.78 is 6.23. The Labute approximate surface area is 148 Å². The standard InChI is InChI=1S/C15H20BrN3O5/c1-11-9-17(4-5-18(11)10-15(20)21)6-7-24-14-3-2-12(19(22)23)8-13(14)16/h2-3,8,11H,4-7,9-10H2,1H3,(H,20,21). The second-order valence-electron chi connectivity index (χ2n) is 5.73. The van der Waals surface area contributed by atoms with Gasteiger partial charge in [0.2, 0.25) is 0 Å². The van der Waals surface area contributed by atoms with Gasteiger partial charge in [0.25, 0.3) is 5.69 Å². The van der Waals surface area contributed by atoms with Crippen LogP contribution in [0, 0.1) is 10.1 Å². The first kappa shape index (κ1) is 18.6. The largest absolute Gasteiger partial charge is 0.491 e. The predicted molar refractivity (Wildman–Crippen MR) is 91.4 cm³/mol. The van der Waals surface area contributed by atoms with E-state index in [1.807, 2.05) is 11.8 Å². The van der Waals surface area contributed by atoms with Crippen molar-refractivity contribution in [3.05, 3.63) is 32.8 Å². The van der Waals surface area contributed by atoms with Gasteiger partial charge in [0.05, 0.1) is 15.9 Å². The van der Waals surface area contributed by atoms with Gasteiger partial charge in [0.1, 0.15) is 12.4 Å². The first-order chi connectivity index (χ1) is 11.4. The zero-order chi connectivity index (χ0) is 17.7. The van der Waals surface area contributed by atoms with Gasteiger partial charge in [-0.15, -0.1) is 0 Å². The molecule has 24 heavy (non-hydrogen) atoms. The highest BCUT2D eigenvalue weighted by Gasteiger charge is 2.24. The number of piperazine rings is 1. The summed E-state index contributed by atoms with van der Waals surface area (Å²) in [6.45, 7) is 5.57. The van der Waals surface area contributed by atoms with E-state index in [2.05, 4.69) is 20.8 Å². The molecule has 1 aromatic rings. The number of hydrogen-bond donors (Lipinski definition) is 1. The molecule has 2 rings (SSSR count). The number of ether oxygens (including phenoxy) is 1. The second kappa shape index (κ2) is 8.41. The fourth-order valence-electron chi connectivity index (χ4n) is 2.69. The Hall–Kier alpha value is -1.71. The Bertz CT molecular complexity index is 613. The lowest BCUT2D eigenvalue weighted by Crippen LogP contribution is -2.53. The molecule has 0 aromatic heterocycles. The van der Waals surface area contributed by atoms with E-state index >= 15 is 0 Å². The van der Waals surface area contributed by atoms with Crippen molar-refractivity contribution in [2.75, 3.05) is 39.3 Å². The molecule has 1 fully saturated rings. The maximum atomic E-state index is 10.8. The van der Waals surface area contributed by atoms with Crippen molar-refractivity contribution in [1.29, 1.82) is 0 Å². The highest BCUT2D eigenvalue weighted by Crippen LogP contribution is 2.29. The fraction of sp³-hybridized carbons (Fsp3) is 0.533. The predicted octanol–water partition coefficient (Wildman–Crippen LogP) is 1.83. The minimum atomic E-state index is -0.804.